The number of carbonyl (C=O) groups is 1. The number of rotatable bonds is 6. The highest BCUT2D eigenvalue weighted by Gasteiger charge is 2.15. The Kier molecular flexibility index (Phi) is 5.75. The van der Waals surface area contributed by atoms with E-state index in [4.69, 9.17) is 0 Å². The van der Waals surface area contributed by atoms with Crippen molar-refractivity contribution in [1.29, 1.82) is 0 Å². The highest BCUT2D eigenvalue weighted by molar-refractivity contribution is 7.92. The third-order valence-corrected chi connectivity index (χ3v) is 5.45. The van der Waals surface area contributed by atoms with Crippen LogP contribution in [0.4, 0.5) is 10.1 Å². The average Bonchev–Trinajstić information content (AvgIpc) is 2.66. The molecule has 3 aromatic carbocycles. The van der Waals surface area contributed by atoms with Crippen LogP contribution >= 0.6 is 0 Å². The van der Waals surface area contributed by atoms with Crippen molar-refractivity contribution in [3.63, 3.8) is 0 Å². The lowest BCUT2D eigenvalue weighted by Gasteiger charge is -2.10. The normalized spacial score (nSPS) is 11.1. The summed E-state index contributed by atoms with van der Waals surface area (Å²) in [7, 11) is -3.76. The van der Waals surface area contributed by atoms with E-state index in [2.05, 4.69) is 10.0 Å². The Hall–Kier alpha value is -3.19. The molecule has 0 radical (unpaired) electrons. The van der Waals surface area contributed by atoms with Gasteiger partial charge in [0.15, 0.2) is 0 Å². The number of benzene rings is 3. The predicted octanol–water partition coefficient (Wildman–Crippen LogP) is 3.86. The fourth-order valence-corrected chi connectivity index (χ4v) is 3.64. The summed E-state index contributed by atoms with van der Waals surface area (Å²) in [6.45, 7) is 2.03. The number of sulfonamides is 1. The van der Waals surface area contributed by atoms with Crippen molar-refractivity contribution in [1.82, 2.24) is 5.32 Å². The molecule has 0 fully saturated rings. The van der Waals surface area contributed by atoms with Gasteiger partial charge in [-0.15, -0.1) is 0 Å². The Morgan fingerprint density at radius 1 is 0.964 bits per heavy atom. The highest BCUT2D eigenvalue weighted by atomic mass is 32.2. The summed E-state index contributed by atoms with van der Waals surface area (Å²) in [5.74, 6) is -0.764. The van der Waals surface area contributed by atoms with E-state index in [0.29, 0.717) is 11.1 Å². The average molecular weight is 398 g/mol. The maximum Gasteiger partial charge on any atom is 0.261 e. The smallest absolute Gasteiger partial charge is 0.261 e. The maximum atomic E-state index is 13.2. The van der Waals surface area contributed by atoms with Crippen molar-refractivity contribution in [2.75, 3.05) is 4.72 Å². The Balaban J connectivity index is 1.71. The fourth-order valence-electron chi connectivity index (χ4n) is 2.59. The number of carbonyl (C=O) groups excluding carboxylic acids is 1. The van der Waals surface area contributed by atoms with Crippen LogP contribution in [0.15, 0.2) is 77.7 Å². The van der Waals surface area contributed by atoms with E-state index in [0.717, 1.165) is 5.56 Å². The van der Waals surface area contributed by atoms with Crippen molar-refractivity contribution in [3.05, 3.63) is 95.3 Å². The number of halogens is 1. The van der Waals surface area contributed by atoms with Crippen LogP contribution < -0.4 is 10.0 Å². The van der Waals surface area contributed by atoms with Crippen molar-refractivity contribution in [2.45, 2.75) is 18.4 Å². The lowest BCUT2D eigenvalue weighted by Crippen LogP contribution is -2.23. The molecule has 0 atom stereocenters. The van der Waals surface area contributed by atoms with E-state index in [1.807, 2.05) is 6.92 Å². The van der Waals surface area contributed by atoms with Crippen molar-refractivity contribution < 1.29 is 17.6 Å². The summed E-state index contributed by atoms with van der Waals surface area (Å²) in [5, 5.41) is 2.69. The second-order valence-corrected chi connectivity index (χ2v) is 7.99. The lowest BCUT2D eigenvalue weighted by atomic mass is 10.1. The molecule has 0 saturated heterocycles. The molecule has 5 nitrogen and oxygen atoms in total. The number of hydrogen-bond acceptors (Lipinski definition) is 3. The minimum absolute atomic E-state index is 0.138. The molecule has 0 bridgehead atoms. The van der Waals surface area contributed by atoms with Gasteiger partial charge < -0.3 is 5.32 Å². The Morgan fingerprint density at radius 3 is 2.39 bits per heavy atom. The third-order valence-electron chi connectivity index (χ3n) is 4.05. The molecule has 0 unspecified atom stereocenters. The summed E-state index contributed by atoms with van der Waals surface area (Å²) in [5.41, 5.74) is 2.15. The van der Waals surface area contributed by atoms with Gasteiger partial charge >= 0.3 is 0 Å². The topological polar surface area (TPSA) is 75.3 Å². The summed E-state index contributed by atoms with van der Waals surface area (Å²) < 4.78 is 40.7. The van der Waals surface area contributed by atoms with Gasteiger partial charge in [0.05, 0.1) is 4.90 Å². The first kappa shape index (κ1) is 19.6. The molecule has 144 valence electrons. The van der Waals surface area contributed by atoms with Gasteiger partial charge in [-0.3, -0.25) is 9.52 Å². The standard InChI is InChI=1S/C21H19FN2O3S/c1-15-8-10-20(11-9-15)28(26,27)24-19-7-3-5-17(13-19)21(25)23-14-16-4-2-6-18(22)12-16/h2-13,24H,14H2,1H3,(H,23,25). The number of hydrogen-bond donors (Lipinski definition) is 2. The second-order valence-electron chi connectivity index (χ2n) is 6.31. The van der Waals surface area contributed by atoms with Crippen LogP contribution in [0.5, 0.6) is 0 Å². The first-order valence-corrected chi connectivity index (χ1v) is 10.0. The lowest BCUT2D eigenvalue weighted by molar-refractivity contribution is 0.0951. The maximum absolute atomic E-state index is 13.2. The molecule has 0 aliphatic carbocycles. The number of anilines is 1. The molecule has 3 rings (SSSR count). The van der Waals surface area contributed by atoms with E-state index >= 15 is 0 Å². The van der Waals surface area contributed by atoms with Gasteiger partial charge in [0.2, 0.25) is 0 Å². The first-order chi connectivity index (χ1) is 13.3. The summed E-state index contributed by atoms with van der Waals surface area (Å²) in [6.07, 6.45) is 0. The van der Waals surface area contributed by atoms with Crippen LogP contribution in [0.1, 0.15) is 21.5 Å². The second kappa shape index (κ2) is 8.22. The number of aryl methyl sites for hydroxylation is 1. The number of nitrogens with one attached hydrogen (secondary N) is 2. The minimum atomic E-state index is -3.76. The van der Waals surface area contributed by atoms with Crippen molar-refractivity contribution >= 4 is 21.6 Å². The van der Waals surface area contributed by atoms with Gasteiger partial charge in [0.1, 0.15) is 5.82 Å². The summed E-state index contributed by atoms with van der Waals surface area (Å²) in [4.78, 5) is 12.5. The van der Waals surface area contributed by atoms with Gasteiger partial charge in [0.25, 0.3) is 15.9 Å². The Bertz CT molecular complexity index is 1100. The molecular weight excluding hydrogens is 379 g/mol. The predicted molar refractivity (Wildman–Crippen MR) is 106 cm³/mol. The van der Waals surface area contributed by atoms with E-state index in [1.165, 1.54) is 30.3 Å². The van der Waals surface area contributed by atoms with Gasteiger partial charge in [-0.1, -0.05) is 35.9 Å². The zero-order valence-corrected chi connectivity index (χ0v) is 16.0. The molecule has 0 heterocycles. The van der Waals surface area contributed by atoms with Gasteiger partial charge in [0, 0.05) is 17.8 Å². The van der Waals surface area contributed by atoms with Crippen LogP contribution in [-0.2, 0) is 16.6 Å². The Labute approximate surface area is 163 Å². The van der Waals surface area contributed by atoms with Crippen LogP contribution in [0.2, 0.25) is 0 Å². The molecule has 0 aromatic heterocycles. The molecule has 1 amide bonds. The van der Waals surface area contributed by atoms with Crippen LogP contribution in [0.3, 0.4) is 0 Å². The van der Waals surface area contributed by atoms with Crippen LogP contribution in [0, 0.1) is 12.7 Å². The van der Waals surface area contributed by atoms with Gasteiger partial charge in [-0.2, -0.15) is 0 Å². The van der Waals surface area contributed by atoms with E-state index in [1.54, 1.807) is 42.5 Å². The SMILES string of the molecule is Cc1ccc(S(=O)(=O)Nc2cccc(C(=O)NCc3cccc(F)c3)c2)cc1. The molecule has 7 heteroatoms. The highest BCUT2D eigenvalue weighted by Crippen LogP contribution is 2.18. The minimum Gasteiger partial charge on any atom is -0.348 e. The van der Waals surface area contributed by atoms with Crippen LogP contribution in [0.25, 0.3) is 0 Å². The summed E-state index contributed by atoms with van der Waals surface area (Å²) >= 11 is 0. The zero-order valence-electron chi connectivity index (χ0n) is 15.1. The first-order valence-electron chi connectivity index (χ1n) is 8.56. The van der Waals surface area contributed by atoms with E-state index in [-0.39, 0.29) is 28.9 Å². The van der Waals surface area contributed by atoms with Gasteiger partial charge in [-0.05, 0) is 55.0 Å². The molecule has 0 spiro atoms. The monoisotopic (exact) mass is 398 g/mol. The molecular formula is C21H19FN2O3S. The van der Waals surface area contributed by atoms with Gasteiger partial charge in [-0.25, -0.2) is 12.8 Å². The van der Waals surface area contributed by atoms with Crippen molar-refractivity contribution in [3.8, 4) is 0 Å². The third kappa shape index (κ3) is 4.95. The van der Waals surface area contributed by atoms with Crippen LogP contribution in [-0.4, -0.2) is 14.3 Å². The largest absolute Gasteiger partial charge is 0.348 e. The molecule has 28 heavy (non-hydrogen) atoms. The molecule has 2 N–H and O–H groups in total. The Morgan fingerprint density at radius 2 is 1.68 bits per heavy atom. The van der Waals surface area contributed by atoms with Crippen molar-refractivity contribution in [2.24, 2.45) is 0 Å². The fraction of sp³-hybridized carbons (Fsp3) is 0.0952. The summed E-state index contributed by atoms with van der Waals surface area (Å²) in [6, 6.07) is 18.6. The molecule has 3 aromatic rings. The number of amides is 1. The van der Waals surface area contributed by atoms with E-state index in [9.17, 15) is 17.6 Å². The molecule has 0 saturated carbocycles. The zero-order chi connectivity index (χ0) is 20.1. The molecule has 0 aliphatic heterocycles. The quantitative estimate of drug-likeness (QED) is 0.662. The molecule has 0 aliphatic rings. The van der Waals surface area contributed by atoms with E-state index < -0.39 is 10.0 Å².